The van der Waals surface area contributed by atoms with Crippen molar-refractivity contribution >= 4 is 6.03 Å². The van der Waals surface area contributed by atoms with Crippen LogP contribution in [0.15, 0.2) is 30.3 Å². The van der Waals surface area contributed by atoms with Gasteiger partial charge >= 0.3 is 6.03 Å². The third-order valence-electron chi connectivity index (χ3n) is 3.91. The van der Waals surface area contributed by atoms with Crippen LogP contribution in [0.25, 0.3) is 0 Å². The Kier molecular flexibility index (Phi) is 7.32. The van der Waals surface area contributed by atoms with Gasteiger partial charge in [0.05, 0.1) is 19.3 Å². The highest BCUT2D eigenvalue weighted by atomic mass is 16.5. The minimum absolute atomic E-state index is 0.200. The van der Waals surface area contributed by atoms with Crippen LogP contribution in [0.2, 0.25) is 0 Å². The lowest BCUT2D eigenvalue weighted by Gasteiger charge is -2.15. The molecule has 0 aliphatic carbocycles. The number of urea groups is 1. The van der Waals surface area contributed by atoms with E-state index in [4.69, 9.17) is 9.47 Å². The van der Waals surface area contributed by atoms with Crippen LogP contribution in [0.4, 0.5) is 4.79 Å². The van der Waals surface area contributed by atoms with E-state index >= 15 is 0 Å². The van der Waals surface area contributed by atoms with E-state index in [1.54, 1.807) is 7.11 Å². The predicted octanol–water partition coefficient (Wildman–Crippen LogP) is 2.52. The number of carbonyl (C=O) groups excluding carboxylic acids is 1. The van der Waals surface area contributed by atoms with E-state index in [0.717, 1.165) is 17.9 Å². The van der Waals surface area contributed by atoms with Crippen LogP contribution in [-0.4, -0.2) is 42.6 Å². The van der Waals surface area contributed by atoms with Gasteiger partial charge in [-0.3, -0.25) is 4.68 Å². The van der Waals surface area contributed by atoms with Gasteiger partial charge in [-0.2, -0.15) is 5.10 Å². The molecule has 2 aromatic rings. The summed E-state index contributed by atoms with van der Waals surface area (Å²) in [6.07, 6.45) is 0. The third-order valence-corrected chi connectivity index (χ3v) is 3.91. The van der Waals surface area contributed by atoms with Gasteiger partial charge in [0.25, 0.3) is 0 Å². The largest absolute Gasteiger partial charge is 0.493 e. The van der Waals surface area contributed by atoms with Crippen molar-refractivity contribution in [2.45, 2.75) is 27.3 Å². The first-order valence-electron chi connectivity index (χ1n) is 8.78. The quantitative estimate of drug-likeness (QED) is 0.674. The molecule has 1 heterocycles. The number of para-hydroxylation sites is 2. The summed E-state index contributed by atoms with van der Waals surface area (Å²) in [5.41, 5.74) is 2.14. The van der Waals surface area contributed by atoms with E-state index < -0.39 is 0 Å². The number of nitrogens with zero attached hydrogens (tertiary/aromatic N) is 2. The summed E-state index contributed by atoms with van der Waals surface area (Å²) in [6.45, 7) is 8.24. The highest BCUT2D eigenvalue weighted by Crippen LogP contribution is 2.25. The second-order valence-electron chi connectivity index (χ2n) is 6.35. The van der Waals surface area contributed by atoms with Crippen molar-refractivity contribution in [3.8, 4) is 11.5 Å². The Morgan fingerprint density at radius 1 is 1.23 bits per heavy atom. The van der Waals surface area contributed by atoms with Gasteiger partial charge in [0.15, 0.2) is 11.5 Å². The number of aromatic nitrogens is 2. The molecule has 142 valence electrons. The predicted molar refractivity (Wildman–Crippen MR) is 101 cm³/mol. The van der Waals surface area contributed by atoms with E-state index in [0.29, 0.717) is 31.2 Å². The molecule has 2 amide bonds. The van der Waals surface area contributed by atoms with E-state index in [-0.39, 0.29) is 11.9 Å². The molecule has 0 aliphatic rings. The molecule has 0 radical (unpaired) electrons. The number of benzene rings is 1. The Hall–Kier alpha value is -2.70. The normalized spacial score (nSPS) is 11.7. The molecule has 1 unspecified atom stereocenters. The molecule has 1 aromatic carbocycles. The summed E-state index contributed by atoms with van der Waals surface area (Å²) >= 11 is 0. The monoisotopic (exact) mass is 360 g/mol. The second kappa shape index (κ2) is 9.70. The molecule has 0 saturated heterocycles. The lowest BCUT2D eigenvalue weighted by molar-refractivity contribution is 0.233. The van der Waals surface area contributed by atoms with Crippen LogP contribution < -0.4 is 20.1 Å². The maximum absolute atomic E-state index is 11.9. The minimum Gasteiger partial charge on any atom is -0.493 e. The van der Waals surface area contributed by atoms with Crippen molar-refractivity contribution in [3.05, 3.63) is 41.7 Å². The van der Waals surface area contributed by atoms with Gasteiger partial charge in [0.1, 0.15) is 6.61 Å². The third kappa shape index (κ3) is 5.98. The number of aryl methyl sites for hydroxylation is 2. The van der Waals surface area contributed by atoms with Gasteiger partial charge in [-0.25, -0.2) is 4.79 Å². The van der Waals surface area contributed by atoms with Crippen molar-refractivity contribution < 1.29 is 14.3 Å². The van der Waals surface area contributed by atoms with E-state index in [1.807, 2.05) is 42.8 Å². The van der Waals surface area contributed by atoms with Crippen LogP contribution in [0, 0.1) is 19.8 Å². The molecular formula is C19H28N4O3. The SMILES string of the molecule is COc1ccccc1OCCNC(=O)NCC(C)Cn1nc(C)cc1C. The van der Waals surface area contributed by atoms with Crippen LogP contribution in [0.3, 0.4) is 0 Å². The fourth-order valence-corrected chi connectivity index (χ4v) is 2.61. The van der Waals surface area contributed by atoms with Crippen LogP contribution in [0.5, 0.6) is 11.5 Å². The molecule has 1 atom stereocenters. The minimum atomic E-state index is -0.200. The van der Waals surface area contributed by atoms with Gasteiger partial charge in [0.2, 0.25) is 0 Å². The molecule has 0 fully saturated rings. The van der Waals surface area contributed by atoms with Crippen molar-refractivity contribution in [2.24, 2.45) is 5.92 Å². The second-order valence-corrected chi connectivity index (χ2v) is 6.35. The Labute approximate surface area is 154 Å². The number of hydrogen-bond donors (Lipinski definition) is 2. The van der Waals surface area contributed by atoms with E-state index in [2.05, 4.69) is 28.7 Å². The van der Waals surface area contributed by atoms with Gasteiger partial charge in [-0.05, 0) is 38.0 Å². The molecule has 0 saturated carbocycles. The van der Waals surface area contributed by atoms with Gasteiger partial charge in [0, 0.05) is 18.8 Å². The lowest BCUT2D eigenvalue weighted by atomic mass is 10.2. The fourth-order valence-electron chi connectivity index (χ4n) is 2.61. The number of carbonyl (C=O) groups is 1. The van der Waals surface area contributed by atoms with Crippen molar-refractivity contribution in [3.63, 3.8) is 0 Å². The van der Waals surface area contributed by atoms with E-state index in [1.165, 1.54) is 0 Å². The molecule has 7 nitrogen and oxygen atoms in total. The first-order valence-corrected chi connectivity index (χ1v) is 8.78. The zero-order valence-electron chi connectivity index (χ0n) is 15.9. The highest BCUT2D eigenvalue weighted by Gasteiger charge is 2.09. The molecule has 26 heavy (non-hydrogen) atoms. The average Bonchev–Trinajstić information content (AvgIpc) is 2.94. The molecule has 0 aliphatic heterocycles. The van der Waals surface area contributed by atoms with Crippen LogP contribution in [-0.2, 0) is 6.54 Å². The van der Waals surface area contributed by atoms with Crippen molar-refractivity contribution in [1.29, 1.82) is 0 Å². The number of methoxy groups -OCH3 is 1. The molecule has 1 aromatic heterocycles. The number of hydrogen-bond acceptors (Lipinski definition) is 4. The smallest absolute Gasteiger partial charge is 0.314 e. The van der Waals surface area contributed by atoms with Gasteiger partial charge in [-0.1, -0.05) is 19.1 Å². The summed E-state index contributed by atoms with van der Waals surface area (Å²) in [4.78, 5) is 11.9. The van der Waals surface area contributed by atoms with Crippen molar-refractivity contribution in [1.82, 2.24) is 20.4 Å². The zero-order chi connectivity index (χ0) is 18.9. The Morgan fingerprint density at radius 2 is 1.96 bits per heavy atom. The topological polar surface area (TPSA) is 77.4 Å². The van der Waals surface area contributed by atoms with Gasteiger partial charge in [-0.15, -0.1) is 0 Å². The number of amides is 2. The fraction of sp³-hybridized carbons (Fsp3) is 0.474. The zero-order valence-corrected chi connectivity index (χ0v) is 15.9. The van der Waals surface area contributed by atoms with Crippen LogP contribution in [0.1, 0.15) is 18.3 Å². The summed E-state index contributed by atoms with van der Waals surface area (Å²) in [6, 6.07) is 9.27. The molecule has 0 bridgehead atoms. The summed E-state index contributed by atoms with van der Waals surface area (Å²) in [5, 5.41) is 10.1. The van der Waals surface area contributed by atoms with Gasteiger partial charge < -0.3 is 20.1 Å². The summed E-state index contributed by atoms with van der Waals surface area (Å²) in [5.74, 6) is 1.62. The summed E-state index contributed by atoms with van der Waals surface area (Å²) in [7, 11) is 1.60. The Bertz CT molecular complexity index is 715. The Balaban J connectivity index is 1.63. The summed E-state index contributed by atoms with van der Waals surface area (Å²) < 4.78 is 12.8. The molecule has 2 rings (SSSR count). The lowest BCUT2D eigenvalue weighted by Crippen LogP contribution is -2.40. The molecular weight excluding hydrogens is 332 g/mol. The van der Waals surface area contributed by atoms with Crippen molar-refractivity contribution in [2.75, 3.05) is 26.8 Å². The molecule has 7 heteroatoms. The number of ether oxygens (including phenoxy) is 2. The first kappa shape index (κ1) is 19.6. The Morgan fingerprint density at radius 3 is 2.62 bits per heavy atom. The molecule has 2 N–H and O–H groups in total. The maximum Gasteiger partial charge on any atom is 0.314 e. The molecule has 0 spiro atoms. The highest BCUT2D eigenvalue weighted by molar-refractivity contribution is 5.73. The van der Waals surface area contributed by atoms with Crippen LogP contribution >= 0.6 is 0 Å². The maximum atomic E-state index is 11.9. The standard InChI is InChI=1S/C19H28N4O3/c1-14(13-23-16(3)11-15(2)22-23)12-21-19(24)20-9-10-26-18-8-6-5-7-17(18)25-4/h5-8,11,14H,9-10,12-13H2,1-4H3,(H2,20,21,24). The average molecular weight is 360 g/mol. The van der Waals surface area contributed by atoms with E-state index in [9.17, 15) is 4.79 Å². The number of rotatable bonds is 9. The number of nitrogens with one attached hydrogen (secondary N) is 2. The first-order chi connectivity index (χ1) is 12.5.